The van der Waals surface area contributed by atoms with Gasteiger partial charge in [-0.25, -0.2) is 13.8 Å². The quantitative estimate of drug-likeness (QED) is 0.266. The summed E-state index contributed by atoms with van der Waals surface area (Å²) in [7, 11) is 3.66. The minimum atomic E-state index is -0.989. The van der Waals surface area contributed by atoms with Gasteiger partial charge in [0.1, 0.15) is 40.6 Å². The molecule has 4 aromatic rings. The van der Waals surface area contributed by atoms with Crippen LogP contribution in [0.4, 0.5) is 14.6 Å². The lowest BCUT2D eigenvalue weighted by atomic mass is 9.76. The van der Waals surface area contributed by atoms with Gasteiger partial charge in [-0.05, 0) is 69.0 Å². The van der Waals surface area contributed by atoms with Crippen LogP contribution in [0.2, 0.25) is 0 Å². The topological polar surface area (TPSA) is 105 Å². The number of hydrogen-bond acceptors (Lipinski definition) is 8. The summed E-state index contributed by atoms with van der Waals surface area (Å²) in [5.74, 6) is 1.11. The van der Waals surface area contributed by atoms with Crippen molar-refractivity contribution in [1.29, 1.82) is 0 Å². The second-order valence-corrected chi connectivity index (χ2v) is 13.8. The summed E-state index contributed by atoms with van der Waals surface area (Å²) in [6.45, 7) is 4.14. The van der Waals surface area contributed by atoms with E-state index in [1.165, 1.54) is 36.3 Å². The van der Waals surface area contributed by atoms with Crippen LogP contribution in [0.25, 0.3) is 32.9 Å². The van der Waals surface area contributed by atoms with Gasteiger partial charge in [0.05, 0.1) is 43.3 Å². The Morgan fingerprint density at radius 1 is 1.11 bits per heavy atom. The summed E-state index contributed by atoms with van der Waals surface area (Å²) in [5, 5.41) is 22.5. The van der Waals surface area contributed by atoms with Gasteiger partial charge in [0, 0.05) is 30.5 Å². The number of likely N-dealkylation sites (tertiary alicyclic amines) is 1. The van der Waals surface area contributed by atoms with Crippen LogP contribution in [-0.2, 0) is 0 Å². The number of aliphatic hydroxyl groups is 1. The van der Waals surface area contributed by atoms with Crippen molar-refractivity contribution in [2.45, 2.75) is 63.5 Å². The van der Waals surface area contributed by atoms with Crippen molar-refractivity contribution in [3.8, 4) is 41.2 Å². The number of phenols is 1. The van der Waals surface area contributed by atoms with E-state index in [0.717, 1.165) is 38.6 Å². The molecule has 3 aliphatic rings. The highest BCUT2D eigenvalue weighted by atomic mass is 19.1. The van der Waals surface area contributed by atoms with Crippen LogP contribution in [0.1, 0.15) is 57.4 Å². The molecule has 3 fully saturated rings. The lowest BCUT2D eigenvalue weighted by molar-refractivity contribution is -0.919. The molecule has 7 rings (SSSR count). The van der Waals surface area contributed by atoms with Crippen LogP contribution in [0.3, 0.4) is 0 Å². The van der Waals surface area contributed by atoms with Crippen LogP contribution in [-0.4, -0.2) is 77.2 Å². The molecule has 0 bridgehead atoms. The molecule has 4 heterocycles. The third kappa shape index (κ3) is 5.37. The second kappa shape index (κ2) is 11.8. The molecule has 2 aromatic heterocycles. The van der Waals surface area contributed by atoms with Crippen molar-refractivity contribution in [3.63, 3.8) is 0 Å². The fraction of sp³-hybridized carbons (Fsp3) is 0.472. The van der Waals surface area contributed by atoms with Gasteiger partial charge in [0.25, 0.3) is 0 Å². The van der Waals surface area contributed by atoms with Crippen molar-refractivity contribution in [3.05, 3.63) is 41.5 Å². The zero-order valence-electron chi connectivity index (χ0n) is 27.0. The second-order valence-electron chi connectivity index (χ2n) is 13.8. The largest absolute Gasteiger partial charge is 0.508 e. The first-order chi connectivity index (χ1) is 22.5. The molecule has 9 nitrogen and oxygen atoms in total. The average molecular weight is 645 g/mol. The molecule has 11 heteroatoms. The van der Waals surface area contributed by atoms with E-state index in [4.69, 9.17) is 20.9 Å². The number of nitrogens with one attached hydrogen (secondary N) is 1. The molecule has 0 spiro atoms. The van der Waals surface area contributed by atoms with Gasteiger partial charge in [0.15, 0.2) is 5.82 Å². The Kier molecular flexibility index (Phi) is 7.84. The maximum Gasteiger partial charge on any atom is 0.319 e. The molecular weight excluding hydrogens is 604 g/mol. The monoisotopic (exact) mass is 644 g/mol. The number of quaternary nitrogens is 1. The Balaban J connectivity index is 1.43. The number of anilines is 1. The number of nitrogens with zero attached hydrogens (tertiary/aromatic N) is 4. The molecule has 2 saturated heterocycles. The molecule has 246 valence electrons. The van der Waals surface area contributed by atoms with Gasteiger partial charge in [-0.1, -0.05) is 12.0 Å². The number of ether oxygens (including phenoxy) is 2. The molecule has 47 heavy (non-hydrogen) atoms. The molecule has 1 aliphatic carbocycles. The highest BCUT2D eigenvalue weighted by Crippen LogP contribution is 2.45. The first kappa shape index (κ1) is 31.3. The van der Waals surface area contributed by atoms with Crippen LogP contribution < -0.4 is 19.3 Å². The van der Waals surface area contributed by atoms with Crippen molar-refractivity contribution < 1.29 is 33.4 Å². The van der Waals surface area contributed by atoms with E-state index in [9.17, 15) is 14.6 Å². The van der Waals surface area contributed by atoms with E-state index in [0.29, 0.717) is 43.2 Å². The molecule has 3 N–H and O–H groups in total. The number of rotatable bonds is 6. The smallest absolute Gasteiger partial charge is 0.319 e. The van der Waals surface area contributed by atoms with Gasteiger partial charge in [0.2, 0.25) is 5.88 Å². The van der Waals surface area contributed by atoms with E-state index >= 15 is 4.39 Å². The maximum absolute atomic E-state index is 17.0. The molecule has 0 amide bonds. The van der Waals surface area contributed by atoms with Crippen LogP contribution in [0.15, 0.2) is 24.3 Å². The van der Waals surface area contributed by atoms with E-state index in [2.05, 4.69) is 22.9 Å². The number of fused-ring (bicyclic) bond motifs is 3. The number of methoxy groups -OCH3 is 1. The molecule has 1 saturated carbocycles. The highest BCUT2D eigenvalue weighted by Gasteiger charge is 2.50. The fourth-order valence-corrected chi connectivity index (χ4v) is 8.43. The summed E-state index contributed by atoms with van der Waals surface area (Å²) in [4.78, 5) is 17.4. The Morgan fingerprint density at radius 2 is 1.91 bits per heavy atom. The SMILES string of the molecule is C#Cc1c(F)ccc2cc(O)cc(-c3nc(OC)c4c(N5CCC[C@@](C)(O)C5)nc(OC[C@]56CCC[C@H]5[NH+](C)CCC6)nc4c3F)c12. The number of aromatic nitrogens is 3. The lowest BCUT2D eigenvalue weighted by Crippen LogP contribution is -3.15. The van der Waals surface area contributed by atoms with E-state index in [-0.39, 0.29) is 62.7 Å². The van der Waals surface area contributed by atoms with Gasteiger partial charge in [-0.2, -0.15) is 9.97 Å². The zero-order chi connectivity index (χ0) is 33.1. The van der Waals surface area contributed by atoms with Gasteiger partial charge in [-0.3, -0.25) is 0 Å². The Morgan fingerprint density at radius 3 is 2.68 bits per heavy atom. The number of β-amino-alcohol motifs (C(OH)–C–C–N with tert-alkyl or cyclic N) is 1. The van der Waals surface area contributed by atoms with E-state index < -0.39 is 17.2 Å². The number of halogens is 2. The Labute approximate surface area is 272 Å². The van der Waals surface area contributed by atoms with Gasteiger partial charge >= 0.3 is 6.01 Å². The van der Waals surface area contributed by atoms with Crippen molar-refractivity contribution in [2.75, 3.05) is 45.3 Å². The number of pyridine rings is 1. The van der Waals surface area contributed by atoms with Crippen molar-refractivity contribution in [2.24, 2.45) is 5.41 Å². The number of hydrogen-bond donors (Lipinski definition) is 3. The molecule has 2 aromatic carbocycles. The number of terminal acetylenes is 1. The summed E-state index contributed by atoms with van der Waals surface area (Å²) in [6.07, 6.45) is 12.5. The Bertz CT molecular complexity index is 1930. The molecule has 0 radical (unpaired) electrons. The average Bonchev–Trinajstić information content (AvgIpc) is 3.49. The minimum absolute atomic E-state index is 0.00851. The highest BCUT2D eigenvalue weighted by molar-refractivity contribution is 6.04. The van der Waals surface area contributed by atoms with Gasteiger partial charge < -0.3 is 29.5 Å². The van der Waals surface area contributed by atoms with Crippen molar-refractivity contribution in [1.82, 2.24) is 15.0 Å². The van der Waals surface area contributed by atoms with Crippen LogP contribution >= 0.6 is 0 Å². The zero-order valence-corrected chi connectivity index (χ0v) is 27.0. The normalized spacial score (nSPS) is 25.9. The summed E-state index contributed by atoms with van der Waals surface area (Å²) in [5.41, 5.74) is -1.30. The first-order valence-corrected chi connectivity index (χ1v) is 16.3. The Hall–Kier alpha value is -4.27. The van der Waals surface area contributed by atoms with Crippen LogP contribution in [0, 0.1) is 29.4 Å². The van der Waals surface area contributed by atoms with E-state index in [1.54, 1.807) is 6.92 Å². The van der Waals surface area contributed by atoms with Crippen LogP contribution in [0.5, 0.6) is 17.6 Å². The molecule has 2 aliphatic heterocycles. The first-order valence-electron chi connectivity index (χ1n) is 16.3. The minimum Gasteiger partial charge on any atom is -0.508 e. The summed E-state index contributed by atoms with van der Waals surface area (Å²) >= 11 is 0. The maximum atomic E-state index is 17.0. The summed E-state index contributed by atoms with van der Waals surface area (Å²) in [6, 6.07) is 5.92. The molecule has 1 unspecified atom stereocenters. The molecule has 4 atom stereocenters. The standard InChI is InChI=1S/C36H39F2N5O4/c1-5-23-25(37)11-10-21-17-22(44)18-24(27(21)23)30-29(38)31-28(33(39-30)46-4)32(43-16-7-12-35(2,45)19-43)41-34(40-31)47-20-36-13-6-9-26(36)42(3)15-8-14-36/h1,10-11,17-18,26,44-45H,6-9,12-16,19-20H2,2-4H3/p+1/t26-,35-,36-/m1/s1. The lowest BCUT2D eigenvalue weighted by Gasteiger charge is -2.41. The predicted octanol–water partition coefficient (Wildman–Crippen LogP) is 4.40. The number of aromatic hydroxyl groups is 1. The number of benzene rings is 2. The third-order valence-electron chi connectivity index (χ3n) is 10.6. The van der Waals surface area contributed by atoms with Gasteiger partial charge in [-0.15, -0.1) is 6.42 Å². The number of piperidine rings is 2. The predicted molar refractivity (Wildman–Crippen MR) is 175 cm³/mol. The van der Waals surface area contributed by atoms with E-state index in [1.807, 2.05) is 4.90 Å². The molecular formula is C36H40F2N5O4+. The summed E-state index contributed by atoms with van der Waals surface area (Å²) < 4.78 is 44.2. The van der Waals surface area contributed by atoms with Crippen molar-refractivity contribution >= 4 is 27.5 Å². The number of phenolic OH excluding ortho intramolecular Hbond substituents is 1. The third-order valence-corrected chi connectivity index (χ3v) is 10.6. The fourth-order valence-electron chi connectivity index (χ4n) is 8.43.